The molecule has 13 heteroatoms. The molecule has 6 heterocycles. The molecule has 12 nitrogen and oxygen atoms in total. The van der Waals surface area contributed by atoms with E-state index >= 15 is 0 Å². The first-order valence-corrected chi connectivity index (χ1v) is 21.5. The van der Waals surface area contributed by atoms with Crippen LogP contribution in [0.5, 0.6) is 17.2 Å². The number of hydrogen-bond acceptors (Lipinski definition) is 12. The summed E-state index contributed by atoms with van der Waals surface area (Å²) < 4.78 is 46.2. The Balaban J connectivity index is 0.000000166. The minimum Gasteiger partial charge on any atom is -0.493 e. The Labute approximate surface area is 366 Å². The summed E-state index contributed by atoms with van der Waals surface area (Å²) in [5, 5.41) is 0.959. The van der Waals surface area contributed by atoms with Crippen molar-refractivity contribution in [3.63, 3.8) is 0 Å². The van der Waals surface area contributed by atoms with Gasteiger partial charge in [-0.1, -0.05) is 62.0 Å². The van der Waals surface area contributed by atoms with Crippen molar-refractivity contribution < 1.29 is 74.0 Å². The van der Waals surface area contributed by atoms with Crippen LogP contribution in [-0.4, -0.2) is 62.8 Å². The fourth-order valence-corrected chi connectivity index (χ4v) is 9.91. The van der Waals surface area contributed by atoms with Crippen LogP contribution in [0.4, 0.5) is 0 Å². The zero-order valence-corrected chi connectivity index (χ0v) is 36.0. The summed E-state index contributed by atoms with van der Waals surface area (Å²) in [4.78, 5) is 35.9. The average molecular weight is 879 g/mol. The monoisotopic (exact) mass is 878 g/mol. The van der Waals surface area contributed by atoms with E-state index in [4.69, 9.17) is 47.4 Å². The van der Waals surface area contributed by atoms with Crippen molar-refractivity contribution >= 4 is 22.9 Å². The molecular formula is C48H54FeO12. The summed E-state index contributed by atoms with van der Waals surface area (Å²) in [5.74, 6) is 2.41. The average Bonchev–Trinajstić information content (AvgIpc) is 4.10. The third kappa shape index (κ3) is 8.83. The number of furan rings is 1. The summed E-state index contributed by atoms with van der Waals surface area (Å²) in [6, 6.07) is 11.8. The predicted molar refractivity (Wildman–Crippen MR) is 220 cm³/mol. The maximum absolute atomic E-state index is 12.0. The number of aryl methyl sites for hydroxylation is 1. The van der Waals surface area contributed by atoms with Crippen LogP contribution in [-0.2, 0) is 61.8 Å². The molecule has 61 heavy (non-hydrogen) atoms. The van der Waals surface area contributed by atoms with E-state index in [1.165, 1.54) is 6.42 Å². The van der Waals surface area contributed by atoms with Gasteiger partial charge in [-0.3, -0.25) is 9.59 Å². The smallest absolute Gasteiger partial charge is 0.316 e. The standard InChI is InChI=1S/C25H22O6.C23H32O6.Fe/c1-27-23-12-16(5-4-10-28-25(26)17-6-2-3-7-17)11-19-14-21(31-24(19)23)18-8-9-20-22(13-18)30-15-29-20;1-15-18-10-5-9-17-12-13-22(2)27-21(23(17,18)29-28-22)26-19(15)11-6-14-25-20(24)16-7-3-4-8-16;/h2-3,6-9,11-14,17H,4-5,10,15H2,1H3;3-4,7-8,15-19,21H,5-6,9-14H2,1-2H3;/t;15-,17-,18?,19?,21-,22?,23-;/m.1./s1. The number of allylic oxidation sites excluding steroid dienone is 4. The van der Waals surface area contributed by atoms with E-state index in [1.54, 1.807) is 7.11 Å². The fourth-order valence-electron chi connectivity index (χ4n) is 9.91. The van der Waals surface area contributed by atoms with Crippen molar-refractivity contribution in [3.8, 4) is 28.6 Å². The van der Waals surface area contributed by atoms with Gasteiger partial charge in [0.1, 0.15) is 5.76 Å². The largest absolute Gasteiger partial charge is 0.493 e. The van der Waals surface area contributed by atoms with Gasteiger partial charge in [0, 0.05) is 40.4 Å². The summed E-state index contributed by atoms with van der Waals surface area (Å²) in [7, 11) is 1.63. The summed E-state index contributed by atoms with van der Waals surface area (Å²) in [6.07, 6.45) is 23.1. The summed E-state index contributed by atoms with van der Waals surface area (Å²) >= 11 is 0. The molecule has 1 spiro atoms. The molecule has 1 saturated carbocycles. The number of carbonyl (C=O) groups is 2. The van der Waals surface area contributed by atoms with Crippen LogP contribution in [0.2, 0.25) is 0 Å². The Morgan fingerprint density at radius 3 is 2.30 bits per heavy atom. The SMILES string of the molecule is COc1cc(CCCOC(=O)C2C=CC=C2)cc2cc(-c3ccc4c(c3)OCO4)oc12.C[C@H]1C(CCCOC(=O)C2C=CC=C2)O[C@@H]2OC3(C)CC[C@H]4CCCC1[C@]42OO3.[Fe]. The molecule has 326 valence electrons. The molecule has 0 N–H and O–H groups in total. The first-order valence-electron chi connectivity index (χ1n) is 21.5. The van der Waals surface area contributed by atoms with E-state index in [0.29, 0.717) is 48.0 Å². The predicted octanol–water partition coefficient (Wildman–Crippen LogP) is 9.11. The molecule has 8 aliphatic rings. The van der Waals surface area contributed by atoms with Crippen molar-refractivity contribution in [3.05, 3.63) is 90.6 Å². The molecule has 3 unspecified atom stereocenters. The Hall–Kier alpha value is -4.36. The Kier molecular flexibility index (Phi) is 13.2. The zero-order chi connectivity index (χ0) is 41.3. The second-order valence-electron chi connectivity index (χ2n) is 17.0. The van der Waals surface area contributed by atoms with Gasteiger partial charge in [-0.2, -0.15) is 0 Å². The van der Waals surface area contributed by atoms with Crippen molar-refractivity contribution in [2.45, 2.75) is 95.4 Å². The molecule has 5 aliphatic heterocycles. The molecule has 2 aromatic carbocycles. The summed E-state index contributed by atoms with van der Waals surface area (Å²) in [6.45, 7) is 5.26. The third-order valence-electron chi connectivity index (χ3n) is 13.1. The maximum Gasteiger partial charge on any atom is 0.316 e. The molecule has 0 amide bonds. The molecule has 7 atom stereocenters. The van der Waals surface area contributed by atoms with Crippen LogP contribution < -0.4 is 14.2 Å². The van der Waals surface area contributed by atoms with Crippen LogP contribution >= 0.6 is 0 Å². The van der Waals surface area contributed by atoms with Gasteiger partial charge >= 0.3 is 11.9 Å². The number of fused-ring (bicyclic) bond motifs is 4. The van der Waals surface area contributed by atoms with E-state index in [2.05, 4.69) is 13.0 Å². The van der Waals surface area contributed by atoms with Crippen LogP contribution in [0.25, 0.3) is 22.3 Å². The Morgan fingerprint density at radius 1 is 0.836 bits per heavy atom. The molecular weight excluding hydrogens is 824 g/mol. The Bertz CT molecular complexity index is 2170. The molecule has 4 saturated heterocycles. The topological polar surface area (TPSA) is 130 Å². The van der Waals surface area contributed by atoms with Gasteiger partial charge in [0.25, 0.3) is 0 Å². The van der Waals surface area contributed by atoms with Gasteiger partial charge in [-0.15, -0.1) is 0 Å². The number of methoxy groups -OCH3 is 1. The first kappa shape index (κ1) is 43.3. The third-order valence-corrected chi connectivity index (χ3v) is 13.1. The second-order valence-corrected chi connectivity index (χ2v) is 17.0. The van der Waals surface area contributed by atoms with Gasteiger partial charge in [0.2, 0.25) is 12.6 Å². The van der Waals surface area contributed by atoms with Gasteiger partial charge in [0.05, 0.1) is 38.3 Å². The molecule has 1 aromatic heterocycles. The van der Waals surface area contributed by atoms with Crippen LogP contribution in [0, 0.1) is 29.6 Å². The second kappa shape index (κ2) is 18.5. The van der Waals surface area contributed by atoms with Crippen molar-refractivity contribution in [2.24, 2.45) is 29.6 Å². The van der Waals surface area contributed by atoms with Gasteiger partial charge in [0.15, 0.2) is 34.7 Å². The minimum atomic E-state index is -0.721. The van der Waals surface area contributed by atoms with E-state index in [9.17, 15) is 9.59 Å². The fraction of sp³-hybridized carbons (Fsp3) is 0.500. The molecule has 3 aromatic rings. The molecule has 5 fully saturated rings. The van der Waals surface area contributed by atoms with E-state index in [1.807, 2.05) is 85.9 Å². The Morgan fingerprint density at radius 2 is 1.56 bits per heavy atom. The molecule has 2 bridgehead atoms. The van der Waals surface area contributed by atoms with E-state index in [0.717, 1.165) is 79.4 Å². The van der Waals surface area contributed by atoms with Crippen molar-refractivity contribution in [1.82, 2.24) is 0 Å². The van der Waals surface area contributed by atoms with Gasteiger partial charge in [-0.05, 0) is 106 Å². The van der Waals surface area contributed by atoms with E-state index < -0.39 is 11.4 Å². The quantitative estimate of drug-likeness (QED) is 0.0745. The number of hydrogen-bond donors (Lipinski definition) is 0. The molecule has 3 aliphatic carbocycles. The zero-order valence-electron chi connectivity index (χ0n) is 34.9. The van der Waals surface area contributed by atoms with Crippen molar-refractivity contribution in [1.29, 1.82) is 0 Å². The molecule has 0 radical (unpaired) electrons. The van der Waals surface area contributed by atoms with Crippen LogP contribution in [0.3, 0.4) is 0 Å². The molecule has 11 rings (SSSR count). The van der Waals surface area contributed by atoms with Crippen LogP contribution in [0.15, 0.2) is 89.4 Å². The minimum absolute atomic E-state index is 0. The number of ether oxygens (including phenoxy) is 7. The van der Waals surface area contributed by atoms with E-state index in [-0.39, 0.29) is 60.0 Å². The summed E-state index contributed by atoms with van der Waals surface area (Å²) in [5.41, 5.74) is 2.23. The number of rotatable bonds is 12. The van der Waals surface area contributed by atoms with Gasteiger partial charge in [-0.25, -0.2) is 9.78 Å². The van der Waals surface area contributed by atoms with Crippen LogP contribution in [0.1, 0.15) is 70.8 Å². The number of carbonyl (C=O) groups excluding carboxylic acids is 2. The first-order chi connectivity index (χ1) is 29.2. The normalized spacial score (nSPS) is 29.1. The van der Waals surface area contributed by atoms with Crippen molar-refractivity contribution in [2.75, 3.05) is 27.1 Å². The van der Waals surface area contributed by atoms with Gasteiger partial charge < -0.3 is 37.6 Å². The number of esters is 2. The number of benzene rings is 2. The maximum atomic E-state index is 12.0.